The summed E-state index contributed by atoms with van der Waals surface area (Å²) in [5.74, 6) is 0.461. The number of hydrogen-bond acceptors (Lipinski definition) is 3. The molecule has 1 rings (SSSR count). The Balaban J connectivity index is 2.53. The van der Waals surface area contributed by atoms with Crippen molar-refractivity contribution >= 4 is 6.09 Å². The monoisotopic (exact) mass is 271 g/mol. The summed E-state index contributed by atoms with van der Waals surface area (Å²) in [5, 5.41) is 9.35. The third-order valence-electron chi connectivity index (χ3n) is 3.44. The summed E-state index contributed by atoms with van der Waals surface area (Å²) in [6.45, 7) is 11.5. The van der Waals surface area contributed by atoms with Gasteiger partial charge < -0.3 is 14.7 Å². The predicted molar refractivity (Wildman–Crippen MR) is 76.0 cm³/mol. The summed E-state index contributed by atoms with van der Waals surface area (Å²) in [5.41, 5.74) is -0.504. The summed E-state index contributed by atoms with van der Waals surface area (Å²) in [7, 11) is 0. The first-order valence-corrected chi connectivity index (χ1v) is 7.22. The number of piperidine rings is 1. The average Bonchev–Trinajstić information content (AvgIpc) is 2.26. The molecule has 0 spiro atoms. The largest absolute Gasteiger partial charge is 0.444 e. The zero-order chi connectivity index (χ0) is 14.7. The van der Waals surface area contributed by atoms with Gasteiger partial charge in [0.25, 0.3) is 0 Å². The van der Waals surface area contributed by atoms with Crippen molar-refractivity contribution in [3.05, 3.63) is 0 Å². The van der Waals surface area contributed by atoms with E-state index < -0.39 is 5.60 Å². The molecule has 4 nitrogen and oxygen atoms in total. The fraction of sp³-hybridized carbons (Fsp3) is 0.933. The number of nitrogens with zero attached hydrogens (tertiary/aromatic N) is 1. The normalized spacial score (nSPS) is 21.4. The van der Waals surface area contributed by atoms with Crippen LogP contribution in [0.1, 0.15) is 53.9 Å². The van der Waals surface area contributed by atoms with Crippen molar-refractivity contribution in [2.24, 2.45) is 11.3 Å². The van der Waals surface area contributed by atoms with E-state index in [4.69, 9.17) is 4.74 Å². The molecule has 0 saturated carbocycles. The van der Waals surface area contributed by atoms with E-state index in [1.165, 1.54) is 0 Å². The Morgan fingerprint density at radius 1 is 1.32 bits per heavy atom. The molecule has 0 aliphatic carbocycles. The first kappa shape index (κ1) is 16.3. The molecule has 112 valence electrons. The highest BCUT2D eigenvalue weighted by Gasteiger charge is 2.30. The lowest BCUT2D eigenvalue weighted by molar-refractivity contribution is 0.0123. The quantitative estimate of drug-likeness (QED) is 0.858. The molecule has 1 atom stereocenters. The van der Waals surface area contributed by atoms with Gasteiger partial charge in [0.1, 0.15) is 5.60 Å². The number of rotatable bonds is 3. The number of ether oxygens (including phenoxy) is 1. The lowest BCUT2D eigenvalue weighted by Crippen LogP contribution is -2.43. The van der Waals surface area contributed by atoms with Gasteiger partial charge in [0, 0.05) is 19.7 Å². The summed E-state index contributed by atoms with van der Waals surface area (Å²) in [6, 6.07) is 0. The maximum atomic E-state index is 12.0. The van der Waals surface area contributed by atoms with E-state index in [0.717, 1.165) is 32.4 Å². The van der Waals surface area contributed by atoms with Crippen LogP contribution in [0.25, 0.3) is 0 Å². The van der Waals surface area contributed by atoms with Gasteiger partial charge in [0.2, 0.25) is 0 Å². The van der Waals surface area contributed by atoms with Gasteiger partial charge >= 0.3 is 6.09 Å². The van der Waals surface area contributed by atoms with Crippen molar-refractivity contribution in [2.45, 2.75) is 59.5 Å². The van der Waals surface area contributed by atoms with E-state index in [2.05, 4.69) is 13.8 Å². The first-order valence-electron chi connectivity index (χ1n) is 7.22. The van der Waals surface area contributed by atoms with Gasteiger partial charge in [0.15, 0.2) is 0 Å². The van der Waals surface area contributed by atoms with E-state index >= 15 is 0 Å². The summed E-state index contributed by atoms with van der Waals surface area (Å²) in [6.07, 6.45) is 2.88. The zero-order valence-electron chi connectivity index (χ0n) is 13.0. The van der Waals surface area contributed by atoms with Crippen molar-refractivity contribution in [1.82, 2.24) is 4.90 Å². The molecule has 0 radical (unpaired) electrons. The summed E-state index contributed by atoms with van der Waals surface area (Å²) < 4.78 is 5.42. The molecule has 1 heterocycles. The van der Waals surface area contributed by atoms with E-state index in [1.54, 1.807) is 0 Å². The minimum Gasteiger partial charge on any atom is -0.444 e. The molecule has 1 unspecified atom stereocenters. The Kier molecular flexibility index (Phi) is 5.25. The third-order valence-corrected chi connectivity index (χ3v) is 3.44. The number of hydrogen-bond donors (Lipinski definition) is 1. The van der Waals surface area contributed by atoms with Gasteiger partial charge in [-0.25, -0.2) is 4.79 Å². The summed E-state index contributed by atoms with van der Waals surface area (Å²) in [4.78, 5) is 13.9. The molecular formula is C15H29NO3. The third kappa shape index (κ3) is 5.81. The van der Waals surface area contributed by atoms with Gasteiger partial charge in [-0.3, -0.25) is 0 Å². The van der Waals surface area contributed by atoms with Gasteiger partial charge in [0.05, 0.1) is 0 Å². The smallest absolute Gasteiger partial charge is 0.410 e. The number of aliphatic hydroxyl groups is 1. The SMILES string of the molecule is CC(C)(CO)CC1CCCN(C(=O)OC(C)(C)C)C1. The van der Waals surface area contributed by atoms with Crippen molar-refractivity contribution in [2.75, 3.05) is 19.7 Å². The number of amides is 1. The van der Waals surface area contributed by atoms with Crippen LogP contribution in [-0.4, -0.2) is 41.4 Å². The molecule has 1 N–H and O–H groups in total. The molecule has 1 aliphatic heterocycles. The highest BCUT2D eigenvalue weighted by atomic mass is 16.6. The Bertz CT molecular complexity index is 307. The van der Waals surface area contributed by atoms with Crippen LogP contribution in [0.5, 0.6) is 0 Å². The maximum absolute atomic E-state index is 12.0. The number of carbonyl (C=O) groups excluding carboxylic acids is 1. The predicted octanol–water partition coefficient (Wildman–Crippen LogP) is 3.04. The molecule has 0 aromatic rings. The average molecular weight is 271 g/mol. The highest BCUT2D eigenvalue weighted by Crippen LogP contribution is 2.30. The molecule has 1 aliphatic rings. The fourth-order valence-corrected chi connectivity index (χ4v) is 2.57. The second-order valence-corrected chi connectivity index (χ2v) is 7.46. The Labute approximate surface area is 117 Å². The van der Waals surface area contributed by atoms with Crippen LogP contribution < -0.4 is 0 Å². The molecule has 4 heteroatoms. The molecular weight excluding hydrogens is 242 g/mol. The summed E-state index contributed by atoms with van der Waals surface area (Å²) >= 11 is 0. The zero-order valence-corrected chi connectivity index (χ0v) is 13.0. The van der Waals surface area contributed by atoms with E-state index in [9.17, 15) is 9.90 Å². The van der Waals surface area contributed by atoms with Gasteiger partial charge in [-0.2, -0.15) is 0 Å². The minimum absolute atomic E-state index is 0.0678. The molecule has 1 saturated heterocycles. The maximum Gasteiger partial charge on any atom is 0.410 e. The lowest BCUT2D eigenvalue weighted by atomic mass is 9.80. The standard InChI is InChI=1S/C15H29NO3/c1-14(2,3)19-13(18)16-8-6-7-12(10-16)9-15(4,5)11-17/h12,17H,6-11H2,1-5H3. The highest BCUT2D eigenvalue weighted by molar-refractivity contribution is 5.68. The van der Waals surface area contributed by atoms with Crippen LogP contribution in [0.3, 0.4) is 0 Å². The number of likely N-dealkylation sites (tertiary alicyclic amines) is 1. The van der Waals surface area contributed by atoms with Crippen molar-refractivity contribution in [3.63, 3.8) is 0 Å². The molecule has 0 bridgehead atoms. The van der Waals surface area contributed by atoms with Gasteiger partial charge in [-0.15, -0.1) is 0 Å². The van der Waals surface area contributed by atoms with Crippen LogP contribution in [0.2, 0.25) is 0 Å². The van der Waals surface area contributed by atoms with Crippen molar-refractivity contribution in [1.29, 1.82) is 0 Å². The van der Waals surface area contributed by atoms with E-state index in [1.807, 2.05) is 25.7 Å². The minimum atomic E-state index is -0.436. The van der Waals surface area contributed by atoms with E-state index in [-0.39, 0.29) is 18.1 Å². The van der Waals surface area contributed by atoms with Crippen LogP contribution >= 0.6 is 0 Å². The van der Waals surface area contributed by atoms with Crippen molar-refractivity contribution < 1.29 is 14.6 Å². The van der Waals surface area contributed by atoms with Crippen LogP contribution in [0.4, 0.5) is 4.79 Å². The van der Waals surface area contributed by atoms with Crippen LogP contribution in [-0.2, 0) is 4.74 Å². The molecule has 0 aromatic carbocycles. The van der Waals surface area contributed by atoms with E-state index in [0.29, 0.717) is 5.92 Å². The number of aliphatic hydroxyl groups excluding tert-OH is 1. The Hall–Kier alpha value is -0.770. The van der Waals surface area contributed by atoms with Gasteiger partial charge in [-0.05, 0) is 51.4 Å². The van der Waals surface area contributed by atoms with Crippen LogP contribution in [0, 0.1) is 11.3 Å². The second kappa shape index (κ2) is 6.12. The molecule has 1 amide bonds. The molecule has 0 aromatic heterocycles. The van der Waals surface area contributed by atoms with Gasteiger partial charge in [-0.1, -0.05) is 13.8 Å². The van der Waals surface area contributed by atoms with Crippen molar-refractivity contribution in [3.8, 4) is 0 Å². The lowest BCUT2D eigenvalue weighted by Gasteiger charge is -2.37. The fourth-order valence-electron chi connectivity index (χ4n) is 2.57. The van der Waals surface area contributed by atoms with Crippen LogP contribution in [0.15, 0.2) is 0 Å². The molecule has 1 fully saturated rings. The second-order valence-electron chi connectivity index (χ2n) is 7.46. The number of carbonyl (C=O) groups is 1. The topological polar surface area (TPSA) is 49.8 Å². The Morgan fingerprint density at radius 3 is 2.47 bits per heavy atom. The molecule has 19 heavy (non-hydrogen) atoms. The Morgan fingerprint density at radius 2 is 1.95 bits per heavy atom. The first-order chi connectivity index (χ1) is 8.63.